The summed E-state index contributed by atoms with van der Waals surface area (Å²) in [5, 5.41) is 0. The number of benzene rings is 1. The zero-order chi connectivity index (χ0) is 20.9. The average Bonchev–Trinajstić information content (AvgIpc) is 3.24. The largest absolute Gasteiger partial charge is 0.497 e. The number of rotatable bonds is 6. The minimum atomic E-state index is -0.421. The van der Waals surface area contributed by atoms with Crippen LogP contribution >= 0.6 is 0 Å². The normalized spacial score (nSPS) is 16.4. The van der Waals surface area contributed by atoms with Crippen LogP contribution in [0, 0.1) is 0 Å². The van der Waals surface area contributed by atoms with E-state index in [1.807, 2.05) is 24.3 Å². The molecule has 1 aliphatic rings. The van der Waals surface area contributed by atoms with Crippen LogP contribution in [0.15, 0.2) is 58.1 Å². The van der Waals surface area contributed by atoms with Crippen molar-refractivity contribution in [3.05, 3.63) is 76.6 Å². The van der Waals surface area contributed by atoms with Crippen LogP contribution in [0.4, 0.5) is 0 Å². The van der Waals surface area contributed by atoms with Crippen LogP contribution in [0.25, 0.3) is 0 Å². The highest BCUT2D eigenvalue weighted by atomic mass is 16.5. The maximum absolute atomic E-state index is 12.7. The summed E-state index contributed by atoms with van der Waals surface area (Å²) in [6.45, 7) is 1.20. The number of amides is 1. The molecule has 8 heteroatoms. The predicted octanol–water partition coefficient (Wildman–Crippen LogP) is 2.24. The van der Waals surface area contributed by atoms with Gasteiger partial charge in [0.25, 0.3) is 0 Å². The Hall–Kier alpha value is -3.42. The highest BCUT2D eigenvalue weighted by molar-refractivity contribution is 5.76. The van der Waals surface area contributed by atoms with E-state index in [9.17, 15) is 9.59 Å². The Morgan fingerprint density at radius 2 is 2.10 bits per heavy atom. The molecule has 0 aliphatic carbocycles. The molecular formula is C22H24N4O4. The van der Waals surface area contributed by atoms with Crippen LogP contribution in [-0.2, 0) is 17.8 Å². The molecule has 0 spiro atoms. The van der Waals surface area contributed by atoms with Crippen molar-refractivity contribution in [2.75, 3.05) is 20.2 Å². The Balaban J connectivity index is 1.39. The number of carbonyl (C=O) groups is 1. The van der Waals surface area contributed by atoms with Gasteiger partial charge in [-0.2, -0.15) is 0 Å². The standard InChI is InChI=1S/C22H24N4O4/c1-29-18-7-5-16(6-8-18)12-19-13-24-21(30-19)17-4-2-10-25(14-17)20(27)15-26-11-3-9-23-22(26)28/h3,5-9,11,13,17H,2,4,10,12,14-15H2,1H3/t17-/m0/s1. The van der Waals surface area contributed by atoms with Gasteiger partial charge >= 0.3 is 5.69 Å². The number of carbonyl (C=O) groups excluding carboxylic acids is 1. The van der Waals surface area contributed by atoms with E-state index in [4.69, 9.17) is 9.15 Å². The lowest BCUT2D eigenvalue weighted by atomic mass is 9.98. The first-order chi connectivity index (χ1) is 14.6. The molecule has 1 atom stereocenters. The summed E-state index contributed by atoms with van der Waals surface area (Å²) in [5.41, 5.74) is 0.691. The first-order valence-corrected chi connectivity index (χ1v) is 9.99. The summed E-state index contributed by atoms with van der Waals surface area (Å²) >= 11 is 0. The van der Waals surface area contributed by atoms with Gasteiger partial charge in [-0.05, 0) is 36.6 Å². The Morgan fingerprint density at radius 3 is 2.87 bits per heavy atom. The number of aromatic nitrogens is 3. The lowest BCUT2D eigenvalue weighted by molar-refractivity contribution is -0.133. The van der Waals surface area contributed by atoms with Crippen molar-refractivity contribution >= 4 is 5.91 Å². The molecule has 4 rings (SSSR count). The van der Waals surface area contributed by atoms with E-state index in [-0.39, 0.29) is 18.4 Å². The molecule has 0 radical (unpaired) electrons. The van der Waals surface area contributed by atoms with Gasteiger partial charge in [0.15, 0.2) is 5.89 Å². The minimum Gasteiger partial charge on any atom is -0.497 e. The summed E-state index contributed by atoms with van der Waals surface area (Å²) in [6, 6.07) is 9.49. The van der Waals surface area contributed by atoms with Gasteiger partial charge in [-0.15, -0.1) is 0 Å². The summed E-state index contributed by atoms with van der Waals surface area (Å²) in [4.78, 5) is 34.4. The van der Waals surface area contributed by atoms with E-state index >= 15 is 0 Å². The van der Waals surface area contributed by atoms with Crippen molar-refractivity contribution < 1.29 is 13.9 Å². The fraction of sp³-hybridized carbons (Fsp3) is 0.364. The molecule has 3 heterocycles. The zero-order valence-electron chi connectivity index (χ0n) is 16.9. The third-order valence-corrected chi connectivity index (χ3v) is 5.32. The van der Waals surface area contributed by atoms with Crippen molar-refractivity contribution in [2.24, 2.45) is 0 Å². The number of methoxy groups -OCH3 is 1. The van der Waals surface area contributed by atoms with Crippen molar-refractivity contribution in [3.63, 3.8) is 0 Å². The van der Waals surface area contributed by atoms with Crippen LogP contribution < -0.4 is 10.4 Å². The number of hydrogen-bond donors (Lipinski definition) is 0. The lowest BCUT2D eigenvalue weighted by Gasteiger charge is -2.31. The van der Waals surface area contributed by atoms with E-state index in [0.717, 1.165) is 29.9 Å². The maximum atomic E-state index is 12.7. The molecule has 30 heavy (non-hydrogen) atoms. The van der Waals surface area contributed by atoms with Crippen LogP contribution in [0.2, 0.25) is 0 Å². The maximum Gasteiger partial charge on any atom is 0.347 e. The number of piperidine rings is 1. The Labute approximate surface area is 174 Å². The molecule has 156 valence electrons. The van der Waals surface area contributed by atoms with E-state index in [1.165, 1.54) is 10.8 Å². The molecule has 0 saturated carbocycles. The molecule has 0 bridgehead atoms. The molecule has 1 amide bonds. The van der Waals surface area contributed by atoms with E-state index < -0.39 is 5.69 Å². The van der Waals surface area contributed by atoms with Crippen LogP contribution in [-0.4, -0.2) is 45.5 Å². The molecule has 8 nitrogen and oxygen atoms in total. The summed E-state index contributed by atoms with van der Waals surface area (Å²) < 4.78 is 12.5. The third-order valence-electron chi connectivity index (χ3n) is 5.32. The second-order valence-electron chi connectivity index (χ2n) is 7.40. The van der Waals surface area contributed by atoms with Gasteiger partial charge in [-0.3, -0.25) is 9.36 Å². The van der Waals surface area contributed by atoms with Gasteiger partial charge in [0.1, 0.15) is 18.1 Å². The van der Waals surface area contributed by atoms with Gasteiger partial charge in [0, 0.05) is 31.9 Å². The highest BCUT2D eigenvalue weighted by Crippen LogP contribution is 2.27. The fourth-order valence-corrected chi connectivity index (χ4v) is 3.70. The molecule has 2 aromatic heterocycles. The molecule has 1 aliphatic heterocycles. The van der Waals surface area contributed by atoms with Crippen LogP contribution in [0.3, 0.4) is 0 Å². The first-order valence-electron chi connectivity index (χ1n) is 9.99. The smallest absolute Gasteiger partial charge is 0.347 e. The van der Waals surface area contributed by atoms with E-state index in [1.54, 1.807) is 30.5 Å². The molecule has 1 fully saturated rings. The van der Waals surface area contributed by atoms with Gasteiger partial charge < -0.3 is 14.1 Å². The number of likely N-dealkylation sites (tertiary alicyclic amines) is 1. The van der Waals surface area contributed by atoms with Crippen LogP contribution in [0.5, 0.6) is 5.75 Å². The monoisotopic (exact) mass is 408 g/mol. The molecular weight excluding hydrogens is 384 g/mol. The van der Waals surface area contributed by atoms with Gasteiger partial charge in [0.05, 0.1) is 19.2 Å². The second-order valence-corrected chi connectivity index (χ2v) is 7.40. The molecule has 1 saturated heterocycles. The highest BCUT2D eigenvalue weighted by Gasteiger charge is 2.28. The second kappa shape index (κ2) is 8.94. The van der Waals surface area contributed by atoms with Crippen molar-refractivity contribution in [3.8, 4) is 5.75 Å². The Bertz CT molecular complexity index is 1060. The van der Waals surface area contributed by atoms with Crippen LogP contribution in [0.1, 0.15) is 36.0 Å². The summed E-state index contributed by atoms with van der Waals surface area (Å²) in [7, 11) is 1.64. The Kier molecular flexibility index (Phi) is 5.92. The van der Waals surface area contributed by atoms with Crippen molar-refractivity contribution in [2.45, 2.75) is 31.7 Å². The zero-order valence-corrected chi connectivity index (χ0v) is 16.9. The Morgan fingerprint density at radius 1 is 1.27 bits per heavy atom. The summed E-state index contributed by atoms with van der Waals surface area (Å²) in [5.74, 6) is 2.23. The predicted molar refractivity (Wildman–Crippen MR) is 109 cm³/mol. The number of ether oxygens (including phenoxy) is 1. The third kappa shape index (κ3) is 4.59. The summed E-state index contributed by atoms with van der Waals surface area (Å²) in [6.07, 6.45) is 7.19. The minimum absolute atomic E-state index is 0.00625. The number of hydrogen-bond acceptors (Lipinski definition) is 6. The molecule has 3 aromatic rings. The average molecular weight is 408 g/mol. The van der Waals surface area contributed by atoms with Crippen molar-refractivity contribution in [1.29, 1.82) is 0 Å². The number of nitrogens with zero attached hydrogens (tertiary/aromatic N) is 4. The molecule has 1 aromatic carbocycles. The topological polar surface area (TPSA) is 90.5 Å². The number of oxazole rings is 1. The SMILES string of the molecule is COc1ccc(Cc2cnc([C@H]3CCCN(C(=O)Cn4cccnc4=O)C3)o2)cc1. The lowest BCUT2D eigenvalue weighted by Crippen LogP contribution is -2.42. The quantitative estimate of drug-likeness (QED) is 0.621. The van der Waals surface area contributed by atoms with Gasteiger partial charge in [-0.1, -0.05) is 12.1 Å². The van der Waals surface area contributed by atoms with Crippen molar-refractivity contribution in [1.82, 2.24) is 19.4 Å². The van der Waals surface area contributed by atoms with Gasteiger partial charge in [-0.25, -0.2) is 14.8 Å². The van der Waals surface area contributed by atoms with Gasteiger partial charge in [0.2, 0.25) is 5.91 Å². The molecule has 0 N–H and O–H groups in total. The first kappa shape index (κ1) is 19.9. The van der Waals surface area contributed by atoms with E-state index in [0.29, 0.717) is 25.4 Å². The fourth-order valence-electron chi connectivity index (χ4n) is 3.70. The molecule has 0 unspecified atom stereocenters. The van der Waals surface area contributed by atoms with E-state index in [2.05, 4.69) is 9.97 Å².